The van der Waals surface area contributed by atoms with E-state index in [9.17, 15) is 14.0 Å². The third kappa shape index (κ3) is 6.09. The molecule has 0 spiro atoms. The molecule has 1 saturated heterocycles. The average Bonchev–Trinajstić information content (AvgIpc) is 2.69. The normalized spacial score (nSPS) is 14.5. The zero-order valence-corrected chi connectivity index (χ0v) is 16.4. The van der Waals surface area contributed by atoms with E-state index in [1.165, 1.54) is 18.2 Å². The maximum atomic E-state index is 13.0. The second kappa shape index (κ2) is 9.60. The van der Waals surface area contributed by atoms with E-state index in [4.69, 9.17) is 26.2 Å². The third-order valence-corrected chi connectivity index (χ3v) is 4.86. The van der Waals surface area contributed by atoms with Crippen LogP contribution < -0.4 is 9.47 Å². The highest BCUT2D eigenvalue weighted by atomic mass is 35.5. The molecule has 2 aromatic rings. The van der Waals surface area contributed by atoms with Crippen LogP contribution in [0.2, 0.25) is 5.02 Å². The van der Waals surface area contributed by atoms with E-state index < -0.39 is 5.97 Å². The monoisotopic (exact) mass is 421 g/mol. The molecule has 0 aromatic heterocycles. The molecule has 154 valence electrons. The van der Waals surface area contributed by atoms with E-state index in [1.54, 1.807) is 29.2 Å². The van der Waals surface area contributed by atoms with Gasteiger partial charge in [-0.1, -0.05) is 11.6 Å². The van der Waals surface area contributed by atoms with Gasteiger partial charge in [0, 0.05) is 36.5 Å². The first-order valence-corrected chi connectivity index (χ1v) is 9.61. The molecule has 0 radical (unpaired) electrons. The van der Waals surface area contributed by atoms with Gasteiger partial charge in [-0.3, -0.25) is 9.59 Å². The predicted octanol–water partition coefficient (Wildman–Crippen LogP) is 3.56. The number of carbonyl (C=O) groups excluding carboxylic acids is 1. The minimum Gasteiger partial charge on any atom is -0.490 e. The zero-order chi connectivity index (χ0) is 20.8. The van der Waals surface area contributed by atoms with E-state index in [2.05, 4.69) is 0 Å². The Bertz CT molecular complexity index is 866. The molecule has 1 amide bonds. The summed E-state index contributed by atoms with van der Waals surface area (Å²) >= 11 is 5.91. The number of amides is 1. The van der Waals surface area contributed by atoms with Crippen molar-refractivity contribution in [3.8, 4) is 11.5 Å². The van der Waals surface area contributed by atoms with Crippen molar-refractivity contribution in [3.63, 3.8) is 0 Å². The number of carbonyl (C=O) groups is 2. The third-order valence-electron chi connectivity index (χ3n) is 4.63. The summed E-state index contributed by atoms with van der Waals surface area (Å²) in [5.41, 5.74) is 0.421. The minimum atomic E-state index is -1.01. The topological polar surface area (TPSA) is 76.1 Å². The number of rotatable bonds is 7. The number of nitrogens with zero attached hydrogens (tertiary/aromatic N) is 1. The summed E-state index contributed by atoms with van der Waals surface area (Å²) in [7, 11) is 0. The maximum Gasteiger partial charge on any atom is 0.307 e. The Labute approximate surface area is 172 Å². The van der Waals surface area contributed by atoms with Crippen molar-refractivity contribution in [3.05, 3.63) is 58.9 Å². The molecule has 3 rings (SSSR count). The van der Waals surface area contributed by atoms with Gasteiger partial charge in [-0.05, 0) is 42.5 Å². The highest BCUT2D eigenvalue weighted by Gasteiger charge is 2.24. The van der Waals surface area contributed by atoms with E-state index in [0.717, 1.165) is 0 Å². The fourth-order valence-corrected chi connectivity index (χ4v) is 3.34. The van der Waals surface area contributed by atoms with Crippen LogP contribution in [0.15, 0.2) is 42.5 Å². The van der Waals surface area contributed by atoms with Gasteiger partial charge in [-0.2, -0.15) is 0 Å². The van der Waals surface area contributed by atoms with Crippen LogP contribution in [0.5, 0.6) is 11.5 Å². The predicted molar refractivity (Wildman–Crippen MR) is 105 cm³/mol. The molecule has 6 nitrogen and oxygen atoms in total. The number of likely N-dealkylation sites (tertiary alicyclic amines) is 1. The Hall–Kier alpha value is -2.80. The molecular formula is C21H21ClFNO5. The van der Waals surface area contributed by atoms with Crippen molar-refractivity contribution in [1.82, 2.24) is 4.90 Å². The summed E-state index contributed by atoms with van der Waals surface area (Å²) < 4.78 is 24.3. The number of hydrogen-bond acceptors (Lipinski definition) is 4. The zero-order valence-electron chi connectivity index (χ0n) is 15.6. The molecule has 0 bridgehead atoms. The molecule has 0 atom stereocenters. The maximum absolute atomic E-state index is 13.0. The molecule has 1 aliphatic rings. The van der Waals surface area contributed by atoms with Crippen molar-refractivity contribution in [2.45, 2.75) is 25.4 Å². The van der Waals surface area contributed by atoms with Crippen LogP contribution in [0.25, 0.3) is 0 Å². The minimum absolute atomic E-state index is 0.0381. The molecule has 0 saturated carbocycles. The Morgan fingerprint density at radius 1 is 1.14 bits per heavy atom. The molecule has 29 heavy (non-hydrogen) atoms. The summed E-state index contributed by atoms with van der Waals surface area (Å²) in [6.45, 7) is 0.866. The second-order valence-electron chi connectivity index (χ2n) is 6.76. The largest absolute Gasteiger partial charge is 0.490 e. The van der Waals surface area contributed by atoms with Gasteiger partial charge in [0.15, 0.2) is 6.61 Å². The van der Waals surface area contributed by atoms with Gasteiger partial charge < -0.3 is 19.5 Å². The highest BCUT2D eigenvalue weighted by Crippen LogP contribution is 2.24. The molecule has 0 aliphatic carbocycles. The van der Waals surface area contributed by atoms with Gasteiger partial charge in [0.2, 0.25) is 0 Å². The highest BCUT2D eigenvalue weighted by molar-refractivity contribution is 6.30. The number of halogens is 2. The van der Waals surface area contributed by atoms with Crippen LogP contribution in [0.1, 0.15) is 18.4 Å². The first-order chi connectivity index (χ1) is 13.9. The van der Waals surface area contributed by atoms with Crippen LogP contribution in [-0.4, -0.2) is 47.7 Å². The van der Waals surface area contributed by atoms with Crippen LogP contribution in [0, 0.1) is 5.82 Å². The lowest BCUT2D eigenvalue weighted by molar-refractivity contribution is -0.136. The second-order valence-corrected chi connectivity index (χ2v) is 7.20. The van der Waals surface area contributed by atoms with Crippen LogP contribution in [0.3, 0.4) is 0 Å². The Kier molecular flexibility index (Phi) is 6.93. The average molecular weight is 422 g/mol. The Balaban J connectivity index is 1.49. The summed E-state index contributed by atoms with van der Waals surface area (Å²) in [6, 6.07) is 10.5. The smallest absolute Gasteiger partial charge is 0.307 e. The van der Waals surface area contributed by atoms with Gasteiger partial charge in [0.1, 0.15) is 23.4 Å². The van der Waals surface area contributed by atoms with Gasteiger partial charge in [0.25, 0.3) is 5.91 Å². The van der Waals surface area contributed by atoms with Crippen LogP contribution >= 0.6 is 11.6 Å². The fraction of sp³-hybridized carbons (Fsp3) is 0.333. The fourth-order valence-electron chi connectivity index (χ4n) is 3.15. The molecular weight excluding hydrogens is 401 g/mol. The summed E-state index contributed by atoms with van der Waals surface area (Å²) in [5, 5.41) is 9.41. The van der Waals surface area contributed by atoms with Crippen molar-refractivity contribution < 1.29 is 28.6 Å². The molecule has 1 aliphatic heterocycles. The molecule has 1 N–H and O–H groups in total. The van der Waals surface area contributed by atoms with Crippen molar-refractivity contribution >= 4 is 23.5 Å². The lowest BCUT2D eigenvalue weighted by atomic mass is 10.1. The summed E-state index contributed by atoms with van der Waals surface area (Å²) in [5.74, 6) is -0.564. The van der Waals surface area contributed by atoms with Crippen molar-refractivity contribution in [1.29, 1.82) is 0 Å². The standard InChI is InChI=1S/C21H21ClFNO5/c22-15-1-6-19(14(11-15)12-21(26)27)28-13-20(25)24-9-7-18(8-10-24)29-17-4-2-16(23)3-5-17/h1-6,11,18H,7-10,12-13H2,(H,26,27). The van der Waals surface area contributed by atoms with Gasteiger partial charge in [-0.25, -0.2) is 4.39 Å². The number of hydrogen-bond donors (Lipinski definition) is 1. The SMILES string of the molecule is O=C(O)Cc1cc(Cl)ccc1OCC(=O)N1CCC(Oc2ccc(F)cc2)CC1. The number of carboxylic acids is 1. The number of ether oxygens (including phenoxy) is 2. The van der Waals surface area contributed by atoms with E-state index in [1.807, 2.05) is 0 Å². The molecule has 8 heteroatoms. The van der Waals surface area contributed by atoms with Gasteiger partial charge in [0.05, 0.1) is 6.42 Å². The van der Waals surface area contributed by atoms with E-state index in [-0.39, 0.29) is 30.9 Å². The van der Waals surface area contributed by atoms with Crippen molar-refractivity contribution in [2.75, 3.05) is 19.7 Å². The number of aliphatic carboxylic acids is 1. The lowest BCUT2D eigenvalue weighted by Crippen LogP contribution is -2.43. The quantitative estimate of drug-likeness (QED) is 0.739. The van der Waals surface area contributed by atoms with Gasteiger partial charge in [-0.15, -0.1) is 0 Å². The number of benzene rings is 2. The Morgan fingerprint density at radius 2 is 1.83 bits per heavy atom. The van der Waals surface area contributed by atoms with Gasteiger partial charge >= 0.3 is 5.97 Å². The summed E-state index contributed by atoms with van der Waals surface area (Å²) in [4.78, 5) is 25.1. The lowest BCUT2D eigenvalue weighted by Gasteiger charge is -2.32. The van der Waals surface area contributed by atoms with Crippen LogP contribution in [-0.2, 0) is 16.0 Å². The molecule has 1 fully saturated rings. The number of carboxylic acid groups (broad SMARTS) is 1. The number of piperidine rings is 1. The Morgan fingerprint density at radius 3 is 2.48 bits per heavy atom. The first kappa shape index (κ1) is 20.9. The molecule has 1 heterocycles. The molecule has 2 aromatic carbocycles. The first-order valence-electron chi connectivity index (χ1n) is 9.24. The summed E-state index contributed by atoms with van der Waals surface area (Å²) in [6.07, 6.45) is 1.04. The molecule has 0 unspecified atom stereocenters. The van der Waals surface area contributed by atoms with E-state index in [0.29, 0.717) is 48.0 Å². The van der Waals surface area contributed by atoms with Crippen LogP contribution in [0.4, 0.5) is 4.39 Å². The van der Waals surface area contributed by atoms with E-state index >= 15 is 0 Å². The van der Waals surface area contributed by atoms with Crippen molar-refractivity contribution in [2.24, 2.45) is 0 Å².